The van der Waals surface area contributed by atoms with Crippen LogP contribution < -0.4 is 0 Å². The van der Waals surface area contributed by atoms with Crippen LogP contribution in [0.1, 0.15) is 6.85 Å². The molecule has 0 N–H and O–H groups in total. The molecule has 0 atom stereocenters. The zero-order valence-electron chi connectivity index (χ0n) is 67.1. The molecule has 534 valence electrons. The zero-order valence-corrected chi connectivity index (χ0v) is 62.1. The van der Waals surface area contributed by atoms with E-state index in [2.05, 4.69) is 309 Å². The van der Waals surface area contributed by atoms with Crippen LogP contribution in [0.25, 0.3) is 240 Å². The Kier molecular flexibility index (Phi) is 14.1. The van der Waals surface area contributed by atoms with E-state index in [4.69, 9.17) is 20.1 Å². The van der Waals surface area contributed by atoms with Crippen molar-refractivity contribution in [2.24, 2.45) is 0 Å². The van der Waals surface area contributed by atoms with Crippen molar-refractivity contribution in [1.29, 1.82) is 0 Å². The first kappa shape index (κ1) is 60.6. The van der Waals surface area contributed by atoms with Gasteiger partial charge in [-0.2, -0.15) is 0 Å². The van der Waals surface area contributed by atoms with Crippen LogP contribution in [0.5, 0.6) is 0 Å². The Morgan fingerprint density at radius 2 is 0.478 bits per heavy atom. The number of benzene rings is 22. The molecule has 3 heterocycles. The standard InChI is InChI=1S/C40H24O.2C36H22O/c1-2-12-26-23-28(22-21-25(26)11-1)37-30-15-5-7-17-32(30)38(33-18-8-6-16-31(33)37)35-24-27-13-3-4-14-29(27)40-39(35)34-19-9-10-20-36(34)41-40;1-2-12-23(13-3-1)33-26-16-6-8-18-28(26)34(29-19-9-7-17-27(29)33)31-22-24-14-4-5-15-25(24)36-35(31)30-20-10-11-21-32(30)37-36;1-2-12-23(13-3-1)33-26-16-6-8-18-28(26)34(29-19-9-7-17-27(29)33)36-25-15-5-4-14-24(25)22-32-35(36)30-20-10-11-21-31(30)37-32/h1-24H;2*1-22H/i;1D,2D,3D,12D,13D;. The third-order valence-electron chi connectivity index (χ3n) is 23.6. The molecule has 22 aromatic carbocycles. The number of hydrogen-bond acceptors (Lipinski definition) is 3. The normalized spacial score (nSPS) is 12.4. The van der Waals surface area contributed by atoms with Crippen LogP contribution in [-0.4, -0.2) is 0 Å². The lowest BCUT2D eigenvalue weighted by molar-refractivity contribution is 0.669. The number of para-hydroxylation sites is 3. The van der Waals surface area contributed by atoms with Crippen LogP contribution in [0.15, 0.2) is 426 Å². The smallest absolute Gasteiger partial charge is 0.143 e. The first-order valence-corrected chi connectivity index (χ1v) is 39.1. The van der Waals surface area contributed by atoms with Gasteiger partial charge in [0.05, 0.1) is 6.85 Å². The lowest BCUT2D eigenvalue weighted by atomic mass is 9.83. The van der Waals surface area contributed by atoms with Crippen LogP contribution in [0.4, 0.5) is 0 Å². The molecular formula is C112H68O3. The second-order valence-corrected chi connectivity index (χ2v) is 29.8. The van der Waals surface area contributed by atoms with E-state index in [0.29, 0.717) is 5.56 Å². The van der Waals surface area contributed by atoms with Crippen molar-refractivity contribution in [3.8, 4) is 66.8 Å². The van der Waals surface area contributed by atoms with Crippen molar-refractivity contribution < 1.29 is 20.1 Å². The minimum absolute atomic E-state index is 0.206. The van der Waals surface area contributed by atoms with Gasteiger partial charge in [-0.3, -0.25) is 0 Å². The van der Waals surface area contributed by atoms with Gasteiger partial charge < -0.3 is 13.3 Å². The van der Waals surface area contributed by atoms with E-state index in [-0.39, 0.29) is 29.7 Å². The van der Waals surface area contributed by atoms with Gasteiger partial charge in [-0.25, -0.2) is 0 Å². The highest BCUT2D eigenvalue weighted by atomic mass is 16.3. The summed E-state index contributed by atoms with van der Waals surface area (Å²) in [6.07, 6.45) is 0. The first-order valence-electron chi connectivity index (χ1n) is 41.6. The highest BCUT2D eigenvalue weighted by Crippen LogP contribution is 2.54. The number of furan rings is 3. The van der Waals surface area contributed by atoms with Crippen molar-refractivity contribution >= 4 is 174 Å². The van der Waals surface area contributed by atoms with Crippen molar-refractivity contribution in [3.63, 3.8) is 0 Å². The summed E-state index contributed by atoms with van der Waals surface area (Å²) in [5.41, 5.74) is 18.2. The molecule has 3 nitrogen and oxygen atoms in total. The van der Waals surface area contributed by atoms with Crippen LogP contribution in [0, 0.1) is 0 Å². The molecule has 0 amide bonds. The molecule has 0 radical (unpaired) electrons. The van der Waals surface area contributed by atoms with Gasteiger partial charge in [-0.1, -0.05) is 370 Å². The van der Waals surface area contributed by atoms with Gasteiger partial charge >= 0.3 is 0 Å². The third kappa shape index (κ3) is 10.5. The van der Waals surface area contributed by atoms with Gasteiger partial charge in [-0.15, -0.1) is 0 Å². The Morgan fingerprint density at radius 3 is 0.922 bits per heavy atom. The molecule has 0 fully saturated rings. The molecule has 115 heavy (non-hydrogen) atoms. The fourth-order valence-corrected chi connectivity index (χ4v) is 18.8. The SMILES string of the molecule is [2H]c1c([2H])c([2H])c(-c2c3ccccc3c(-c3cc4ccccc4c4oc5ccccc5c34)c3ccccc23)c([2H])c1[2H].c1ccc(-c2c3ccccc3c(-c3c4ccccc4cc4oc5ccccc5c34)c3ccccc23)cc1.c1ccc2cc(-c3c4ccccc4c(-c4cc5ccccc5c5oc6ccccc6c45)c4ccccc34)ccc2c1. The van der Waals surface area contributed by atoms with Gasteiger partial charge in [0.2, 0.25) is 0 Å². The van der Waals surface area contributed by atoms with E-state index < -0.39 is 6.04 Å². The Labute approximate surface area is 668 Å². The second kappa shape index (κ2) is 26.8. The molecule has 0 bridgehead atoms. The number of fused-ring (bicyclic) bond motifs is 21. The van der Waals surface area contributed by atoms with Gasteiger partial charge in [-0.05, 0) is 201 Å². The van der Waals surface area contributed by atoms with Crippen LogP contribution >= 0.6 is 0 Å². The summed E-state index contributed by atoms with van der Waals surface area (Å²) in [5, 5.41) is 29.6. The fraction of sp³-hybridized carbons (Fsp3) is 0. The molecule has 0 aliphatic heterocycles. The summed E-state index contributed by atoms with van der Waals surface area (Å²) in [7, 11) is 0. The molecule has 0 aliphatic rings. The van der Waals surface area contributed by atoms with Crippen LogP contribution in [0.3, 0.4) is 0 Å². The van der Waals surface area contributed by atoms with Gasteiger partial charge in [0.25, 0.3) is 0 Å². The van der Waals surface area contributed by atoms with E-state index in [1.54, 1.807) is 0 Å². The summed E-state index contributed by atoms with van der Waals surface area (Å²) < 4.78 is 62.1. The van der Waals surface area contributed by atoms with E-state index in [1.807, 2.05) is 72.8 Å². The largest absolute Gasteiger partial charge is 0.456 e. The van der Waals surface area contributed by atoms with E-state index in [1.165, 1.54) is 125 Å². The number of rotatable bonds is 6. The van der Waals surface area contributed by atoms with E-state index in [9.17, 15) is 0 Å². The Balaban J connectivity index is 0.000000105. The average molecular weight is 1470 g/mol. The van der Waals surface area contributed by atoms with E-state index >= 15 is 0 Å². The Hall–Kier alpha value is -15.2. The van der Waals surface area contributed by atoms with Crippen LogP contribution in [0.2, 0.25) is 0 Å². The maximum atomic E-state index is 8.82. The molecular weight excluding hydrogens is 1390 g/mol. The maximum absolute atomic E-state index is 8.82. The summed E-state index contributed by atoms with van der Waals surface area (Å²) in [6.45, 7) is 0. The zero-order chi connectivity index (χ0) is 80.0. The minimum atomic E-state index is -0.399. The van der Waals surface area contributed by atoms with E-state index in [0.717, 1.165) is 104 Å². The van der Waals surface area contributed by atoms with Gasteiger partial charge in [0, 0.05) is 48.7 Å². The van der Waals surface area contributed by atoms with Crippen molar-refractivity contribution in [2.45, 2.75) is 0 Å². The minimum Gasteiger partial charge on any atom is -0.456 e. The first-order chi connectivity index (χ1) is 59.2. The molecule has 3 aromatic heterocycles. The fourth-order valence-electron chi connectivity index (χ4n) is 18.8. The monoisotopic (exact) mass is 1470 g/mol. The number of hydrogen-bond donors (Lipinski definition) is 0. The molecule has 0 spiro atoms. The quantitative estimate of drug-likeness (QED) is 0.156. The third-order valence-corrected chi connectivity index (χ3v) is 23.6. The summed E-state index contributed by atoms with van der Waals surface area (Å²) in [6, 6.07) is 133. The molecule has 25 rings (SSSR count). The molecule has 0 saturated heterocycles. The van der Waals surface area contributed by atoms with Gasteiger partial charge in [0.15, 0.2) is 0 Å². The predicted octanol–water partition coefficient (Wildman–Crippen LogP) is 32.3. The molecule has 0 aliphatic carbocycles. The molecule has 0 saturated carbocycles. The van der Waals surface area contributed by atoms with Crippen molar-refractivity contribution in [1.82, 2.24) is 0 Å². The summed E-state index contributed by atoms with van der Waals surface area (Å²) in [5.74, 6) is 0. The van der Waals surface area contributed by atoms with Crippen molar-refractivity contribution in [2.75, 3.05) is 0 Å². The predicted molar refractivity (Wildman–Crippen MR) is 489 cm³/mol. The Bertz CT molecular complexity index is 8430. The lowest BCUT2D eigenvalue weighted by Gasteiger charge is -2.19. The molecule has 3 heteroatoms. The van der Waals surface area contributed by atoms with Gasteiger partial charge in [0.1, 0.15) is 33.5 Å². The Morgan fingerprint density at radius 1 is 0.165 bits per heavy atom. The summed E-state index contributed by atoms with van der Waals surface area (Å²) >= 11 is 0. The summed E-state index contributed by atoms with van der Waals surface area (Å²) in [4.78, 5) is 0. The lowest BCUT2D eigenvalue weighted by Crippen LogP contribution is -1.92. The van der Waals surface area contributed by atoms with Crippen LogP contribution in [-0.2, 0) is 0 Å². The topological polar surface area (TPSA) is 39.4 Å². The molecule has 0 unspecified atom stereocenters. The average Bonchev–Trinajstić information content (AvgIpc) is 1.39. The highest BCUT2D eigenvalue weighted by Gasteiger charge is 2.27. The highest BCUT2D eigenvalue weighted by molar-refractivity contribution is 6.33. The second-order valence-electron chi connectivity index (χ2n) is 29.8. The van der Waals surface area contributed by atoms with Crippen molar-refractivity contribution in [3.05, 3.63) is 412 Å². The molecule has 25 aromatic rings. The maximum Gasteiger partial charge on any atom is 0.143 e.